The van der Waals surface area contributed by atoms with Crippen LogP contribution >= 0.6 is 0 Å². The Kier molecular flexibility index (Phi) is 3.36. The maximum Gasteiger partial charge on any atom is 0.149 e. The molecule has 0 bridgehead atoms. The first-order chi connectivity index (χ1) is 7.27. The molecule has 0 spiro atoms. The van der Waals surface area contributed by atoms with Crippen LogP contribution in [0.2, 0.25) is 0 Å². The first-order valence-electron chi connectivity index (χ1n) is 5.87. The minimum atomic E-state index is 0.306. The summed E-state index contributed by atoms with van der Waals surface area (Å²) < 4.78 is 1.99. The second kappa shape index (κ2) is 4.75. The first kappa shape index (κ1) is 10.6. The summed E-state index contributed by atoms with van der Waals surface area (Å²) in [5, 5.41) is 11.7. The number of nitrogens with one attached hydrogen (secondary N) is 1. The van der Waals surface area contributed by atoms with E-state index in [-0.39, 0.29) is 0 Å². The quantitative estimate of drug-likeness (QED) is 0.823. The monoisotopic (exact) mass is 208 g/mol. The van der Waals surface area contributed by atoms with E-state index < -0.39 is 0 Å². The fraction of sp³-hybridized carbons (Fsp3) is 0.818. The Labute approximate surface area is 91.1 Å². The summed E-state index contributed by atoms with van der Waals surface area (Å²) in [5.74, 6) is 1.03. The Morgan fingerprint density at radius 1 is 1.40 bits per heavy atom. The molecule has 1 atom stereocenters. The molecule has 1 N–H and O–H groups in total. The molecule has 2 rings (SSSR count). The van der Waals surface area contributed by atoms with E-state index in [9.17, 15) is 0 Å². The second-order valence-electron chi connectivity index (χ2n) is 4.52. The van der Waals surface area contributed by atoms with Gasteiger partial charge in [0.25, 0.3) is 0 Å². The summed E-state index contributed by atoms with van der Waals surface area (Å²) >= 11 is 0. The van der Waals surface area contributed by atoms with Crippen LogP contribution in [0.25, 0.3) is 0 Å². The Balaban J connectivity index is 1.91. The highest BCUT2D eigenvalue weighted by atomic mass is 15.3. The van der Waals surface area contributed by atoms with Crippen molar-refractivity contribution in [2.75, 3.05) is 0 Å². The number of aryl methyl sites for hydroxylation is 1. The smallest absolute Gasteiger partial charge is 0.149 e. The van der Waals surface area contributed by atoms with Gasteiger partial charge in [-0.25, -0.2) is 0 Å². The SMILES string of the molecule is CC(NC1CCCCC1)c1nncn1C. The van der Waals surface area contributed by atoms with Crippen molar-refractivity contribution in [3.05, 3.63) is 12.2 Å². The molecule has 1 heterocycles. The third kappa shape index (κ3) is 2.56. The van der Waals surface area contributed by atoms with Gasteiger partial charge >= 0.3 is 0 Å². The fourth-order valence-corrected chi connectivity index (χ4v) is 2.38. The highest BCUT2D eigenvalue weighted by Gasteiger charge is 2.18. The van der Waals surface area contributed by atoms with Crippen LogP contribution in [0, 0.1) is 0 Å². The number of hydrogen-bond donors (Lipinski definition) is 1. The minimum absolute atomic E-state index is 0.306. The number of nitrogens with zero attached hydrogens (tertiary/aromatic N) is 3. The van der Waals surface area contributed by atoms with Crippen molar-refractivity contribution >= 4 is 0 Å². The van der Waals surface area contributed by atoms with Crippen molar-refractivity contribution < 1.29 is 0 Å². The predicted octanol–water partition coefficient (Wildman–Crippen LogP) is 1.80. The van der Waals surface area contributed by atoms with Gasteiger partial charge in [0.05, 0.1) is 6.04 Å². The van der Waals surface area contributed by atoms with Crippen molar-refractivity contribution in [1.29, 1.82) is 0 Å². The van der Waals surface area contributed by atoms with Gasteiger partial charge in [0.2, 0.25) is 0 Å². The Bertz CT molecular complexity index is 301. The van der Waals surface area contributed by atoms with Crippen LogP contribution < -0.4 is 5.32 Å². The van der Waals surface area contributed by atoms with Gasteiger partial charge in [-0.15, -0.1) is 10.2 Å². The lowest BCUT2D eigenvalue weighted by Crippen LogP contribution is -2.34. The molecule has 1 aliphatic carbocycles. The van der Waals surface area contributed by atoms with Crippen LogP contribution in [-0.2, 0) is 7.05 Å². The standard InChI is InChI=1S/C11H20N4/c1-9(11-14-12-8-15(11)2)13-10-6-4-3-5-7-10/h8-10,13H,3-7H2,1-2H3. The van der Waals surface area contributed by atoms with Crippen LogP contribution in [0.3, 0.4) is 0 Å². The molecule has 0 radical (unpaired) electrons. The predicted molar refractivity (Wildman–Crippen MR) is 59.4 cm³/mol. The topological polar surface area (TPSA) is 42.7 Å². The molecular weight excluding hydrogens is 188 g/mol. The molecule has 1 fully saturated rings. The van der Waals surface area contributed by atoms with Crippen LogP contribution in [-0.4, -0.2) is 20.8 Å². The van der Waals surface area contributed by atoms with Crippen LogP contribution in [0.1, 0.15) is 50.9 Å². The molecule has 15 heavy (non-hydrogen) atoms. The summed E-state index contributed by atoms with van der Waals surface area (Å²) in [5.41, 5.74) is 0. The largest absolute Gasteiger partial charge is 0.319 e. The van der Waals surface area contributed by atoms with E-state index in [1.54, 1.807) is 6.33 Å². The van der Waals surface area contributed by atoms with Gasteiger partial charge in [0.15, 0.2) is 0 Å². The Morgan fingerprint density at radius 3 is 2.73 bits per heavy atom. The molecule has 1 aliphatic rings. The highest BCUT2D eigenvalue weighted by Crippen LogP contribution is 2.20. The van der Waals surface area contributed by atoms with Crippen molar-refractivity contribution in [2.45, 2.75) is 51.1 Å². The third-order valence-corrected chi connectivity index (χ3v) is 3.22. The molecule has 0 aromatic carbocycles. The Morgan fingerprint density at radius 2 is 2.13 bits per heavy atom. The summed E-state index contributed by atoms with van der Waals surface area (Å²) in [6.07, 6.45) is 8.50. The van der Waals surface area contributed by atoms with Gasteiger partial charge < -0.3 is 9.88 Å². The number of hydrogen-bond acceptors (Lipinski definition) is 3. The zero-order chi connectivity index (χ0) is 10.7. The zero-order valence-corrected chi connectivity index (χ0v) is 9.61. The van der Waals surface area contributed by atoms with E-state index in [4.69, 9.17) is 0 Å². The van der Waals surface area contributed by atoms with Gasteiger partial charge in [0.1, 0.15) is 12.2 Å². The zero-order valence-electron chi connectivity index (χ0n) is 9.61. The van der Waals surface area contributed by atoms with E-state index in [1.807, 2.05) is 11.6 Å². The molecule has 0 aliphatic heterocycles. The Hall–Kier alpha value is -0.900. The molecule has 1 aromatic rings. The molecule has 84 valence electrons. The van der Waals surface area contributed by atoms with Crippen molar-refractivity contribution in [2.24, 2.45) is 7.05 Å². The maximum atomic E-state index is 4.13. The van der Waals surface area contributed by atoms with Gasteiger partial charge in [0, 0.05) is 13.1 Å². The highest BCUT2D eigenvalue weighted by molar-refractivity contribution is 4.93. The van der Waals surface area contributed by atoms with Gasteiger partial charge in [-0.05, 0) is 19.8 Å². The molecule has 4 nitrogen and oxygen atoms in total. The normalized spacial score (nSPS) is 20.4. The summed E-state index contributed by atoms with van der Waals surface area (Å²) in [6, 6.07) is 0.978. The maximum absolute atomic E-state index is 4.13. The molecular formula is C11H20N4. The first-order valence-corrected chi connectivity index (χ1v) is 5.87. The van der Waals surface area contributed by atoms with Crippen LogP contribution in [0.4, 0.5) is 0 Å². The summed E-state index contributed by atoms with van der Waals surface area (Å²) in [7, 11) is 1.99. The van der Waals surface area contributed by atoms with Gasteiger partial charge in [-0.1, -0.05) is 19.3 Å². The number of aromatic nitrogens is 3. The van der Waals surface area contributed by atoms with Crippen LogP contribution in [0.15, 0.2) is 6.33 Å². The lowest BCUT2D eigenvalue weighted by Gasteiger charge is -2.26. The third-order valence-electron chi connectivity index (χ3n) is 3.22. The molecule has 1 saturated carbocycles. The lowest BCUT2D eigenvalue weighted by molar-refractivity contribution is 0.339. The second-order valence-corrected chi connectivity index (χ2v) is 4.52. The minimum Gasteiger partial charge on any atom is -0.319 e. The van der Waals surface area contributed by atoms with Gasteiger partial charge in [-0.3, -0.25) is 0 Å². The lowest BCUT2D eigenvalue weighted by atomic mass is 9.95. The van der Waals surface area contributed by atoms with Crippen LogP contribution in [0.5, 0.6) is 0 Å². The van der Waals surface area contributed by atoms with E-state index in [0.29, 0.717) is 12.1 Å². The molecule has 0 amide bonds. The average Bonchev–Trinajstić information content (AvgIpc) is 2.66. The fourth-order valence-electron chi connectivity index (χ4n) is 2.38. The van der Waals surface area contributed by atoms with E-state index in [0.717, 1.165) is 5.82 Å². The van der Waals surface area contributed by atoms with Gasteiger partial charge in [-0.2, -0.15) is 0 Å². The molecule has 1 unspecified atom stereocenters. The summed E-state index contributed by atoms with van der Waals surface area (Å²) in [6.45, 7) is 2.17. The van der Waals surface area contributed by atoms with E-state index in [2.05, 4.69) is 22.4 Å². The van der Waals surface area contributed by atoms with E-state index >= 15 is 0 Å². The number of rotatable bonds is 3. The van der Waals surface area contributed by atoms with E-state index in [1.165, 1.54) is 32.1 Å². The van der Waals surface area contributed by atoms with Crippen molar-refractivity contribution in [3.8, 4) is 0 Å². The molecule has 0 saturated heterocycles. The van der Waals surface area contributed by atoms with Crippen molar-refractivity contribution in [3.63, 3.8) is 0 Å². The molecule has 4 heteroatoms. The average molecular weight is 208 g/mol. The molecule has 1 aromatic heterocycles. The van der Waals surface area contributed by atoms with Crippen molar-refractivity contribution in [1.82, 2.24) is 20.1 Å². The summed E-state index contributed by atoms with van der Waals surface area (Å²) in [4.78, 5) is 0.